The Morgan fingerprint density at radius 2 is 2.39 bits per heavy atom. The second kappa shape index (κ2) is 5.14. The molecule has 1 atom stereocenters. The van der Waals surface area contributed by atoms with Crippen molar-refractivity contribution in [2.24, 2.45) is 5.92 Å². The maximum absolute atomic E-state index is 11.8. The summed E-state index contributed by atoms with van der Waals surface area (Å²) >= 11 is 0. The number of carbonyl (C=O) groups excluding carboxylic acids is 2. The minimum Gasteiger partial charge on any atom is -0.465 e. The topological polar surface area (TPSA) is 79.7 Å². The predicted octanol–water partition coefficient (Wildman–Crippen LogP) is 0.213. The average molecular weight is 250 g/mol. The van der Waals surface area contributed by atoms with E-state index in [1.807, 2.05) is 0 Å². The van der Waals surface area contributed by atoms with Gasteiger partial charge in [0.05, 0.1) is 24.6 Å². The molecule has 1 aromatic rings. The van der Waals surface area contributed by atoms with E-state index in [2.05, 4.69) is 9.72 Å². The number of aliphatic hydroxyl groups excluding tert-OH is 1. The first kappa shape index (κ1) is 12.5. The summed E-state index contributed by atoms with van der Waals surface area (Å²) in [4.78, 5) is 28.6. The molecular formula is C12H14N2O4. The first-order chi connectivity index (χ1) is 8.65. The van der Waals surface area contributed by atoms with E-state index in [9.17, 15) is 9.59 Å². The maximum Gasteiger partial charge on any atom is 0.339 e. The summed E-state index contributed by atoms with van der Waals surface area (Å²) in [6, 6.07) is 1.57. The molecule has 1 aliphatic heterocycles. The molecule has 1 saturated heterocycles. The lowest BCUT2D eigenvalue weighted by atomic mass is 10.1. The lowest BCUT2D eigenvalue weighted by molar-refractivity contribution is -0.117. The molecule has 1 aliphatic rings. The van der Waals surface area contributed by atoms with Crippen molar-refractivity contribution in [1.29, 1.82) is 0 Å². The maximum atomic E-state index is 11.8. The first-order valence-electron chi connectivity index (χ1n) is 5.60. The van der Waals surface area contributed by atoms with Crippen molar-refractivity contribution in [3.8, 4) is 0 Å². The van der Waals surface area contributed by atoms with Crippen molar-refractivity contribution in [2.75, 3.05) is 25.2 Å². The highest BCUT2D eigenvalue weighted by atomic mass is 16.5. The monoisotopic (exact) mass is 250 g/mol. The summed E-state index contributed by atoms with van der Waals surface area (Å²) in [5, 5.41) is 9.06. The number of nitrogens with zero attached hydrogens (tertiary/aromatic N) is 2. The molecule has 1 unspecified atom stereocenters. The van der Waals surface area contributed by atoms with Gasteiger partial charge in [-0.15, -0.1) is 0 Å². The number of hydrogen-bond acceptors (Lipinski definition) is 5. The average Bonchev–Trinajstić information content (AvgIpc) is 2.79. The molecule has 0 aromatic carbocycles. The summed E-state index contributed by atoms with van der Waals surface area (Å²) in [6.45, 7) is 0.425. The second-order valence-corrected chi connectivity index (χ2v) is 4.18. The number of aromatic nitrogens is 1. The molecule has 1 aromatic heterocycles. The van der Waals surface area contributed by atoms with Crippen molar-refractivity contribution in [2.45, 2.75) is 6.42 Å². The largest absolute Gasteiger partial charge is 0.465 e. The predicted molar refractivity (Wildman–Crippen MR) is 63.1 cm³/mol. The Kier molecular flexibility index (Phi) is 3.57. The molecule has 0 saturated carbocycles. The third-order valence-corrected chi connectivity index (χ3v) is 2.92. The zero-order valence-corrected chi connectivity index (χ0v) is 10.00. The molecule has 0 bridgehead atoms. The van der Waals surface area contributed by atoms with Crippen LogP contribution in [-0.2, 0) is 9.53 Å². The van der Waals surface area contributed by atoms with E-state index in [1.165, 1.54) is 24.4 Å². The number of amides is 1. The van der Waals surface area contributed by atoms with E-state index in [1.54, 1.807) is 6.07 Å². The number of carbonyl (C=O) groups is 2. The molecule has 0 radical (unpaired) electrons. The number of hydrogen-bond donors (Lipinski definition) is 1. The van der Waals surface area contributed by atoms with Crippen molar-refractivity contribution in [3.05, 3.63) is 24.0 Å². The van der Waals surface area contributed by atoms with Gasteiger partial charge in [0.15, 0.2) is 0 Å². The van der Waals surface area contributed by atoms with Crippen LogP contribution in [0.25, 0.3) is 0 Å². The van der Waals surface area contributed by atoms with E-state index >= 15 is 0 Å². The fraction of sp³-hybridized carbons (Fsp3) is 0.417. The fourth-order valence-corrected chi connectivity index (χ4v) is 1.96. The lowest BCUT2D eigenvalue weighted by Crippen LogP contribution is -2.25. The number of ether oxygens (including phenoxy) is 1. The number of esters is 1. The SMILES string of the molecule is COC(=O)c1cncc(N2CC(CO)CC2=O)c1. The second-order valence-electron chi connectivity index (χ2n) is 4.18. The van der Waals surface area contributed by atoms with Gasteiger partial charge in [0, 0.05) is 31.7 Å². The van der Waals surface area contributed by atoms with Crippen LogP contribution in [0, 0.1) is 5.92 Å². The first-order valence-corrected chi connectivity index (χ1v) is 5.60. The fourth-order valence-electron chi connectivity index (χ4n) is 1.96. The summed E-state index contributed by atoms with van der Waals surface area (Å²) < 4.78 is 4.60. The van der Waals surface area contributed by atoms with Gasteiger partial charge in [-0.3, -0.25) is 9.78 Å². The quantitative estimate of drug-likeness (QED) is 0.776. The number of anilines is 1. The molecular weight excluding hydrogens is 236 g/mol. The highest BCUT2D eigenvalue weighted by molar-refractivity contribution is 5.97. The third-order valence-electron chi connectivity index (χ3n) is 2.92. The Hall–Kier alpha value is -1.95. The van der Waals surface area contributed by atoms with Gasteiger partial charge in [-0.05, 0) is 6.07 Å². The molecule has 0 aliphatic carbocycles. The molecule has 0 spiro atoms. The van der Waals surface area contributed by atoms with E-state index < -0.39 is 5.97 Å². The third kappa shape index (κ3) is 2.33. The van der Waals surface area contributed by atoms with E-state index in [0.717, 1.165) is 0 Å². The Morgan fingerprint density at radius 3 is 3.00 bits per heavy atom. The van der Waals surface area contributed by atoms with Crippen molar-refractivity contribution in [3.63, 3.8) is 0 Å². The number of pyridine rings is 1. The molecule has 1 amide bonds. The summed E-state index contributed by atoms with van der Waals surface area (Å²) in [6.07, 6.45) is 3.22. The van der Waals surface area contributed by atoms with Crippen LogP contribution in [0.15, 0.2) is 18.5 Å². The molecule has 1 fully saturated rings. The van der Waals surface area contributed by atoms with Gasteiger partial charge in [0.2, 0.25) is 5.91 Å². The normalized spacial score (nSPS) is 19.1. The van der Waals surface area contributed by atoms with E-state index in [4.69, 9.17) is 5.11 Å². The van der Waals surface area contributed by atoms with Crippen LogP contribution >= 0.6 is 0 Å². The van der Waals surface area contributed by atoms with Crippen molar-refractivity contribution in [1.82, 2.24) is 4.98 Å². The summed E-state index contributed by atoms with van der Waals surface area (Å²) in [7, 11) is 1.29. The minimum atomic E-state index is -0.491. The zero-order chi connectivity index (χ0) is 13.1. The van der Waals surface area contributed by atoms with Gasteiger partial charge in [0.25, 0.3) is 0 Å². The molecule has 18 heavy (non-hydrogen) atoms. The van der Waals surface area contributed by atoms with Crippen molar-refractivity contribution < 1.29 is 19.4 Å². The smallest absolute Gasteiger partial charge is 0.339 e. The Labute approximate surface area is 104 Å². The molecule has 2 rings (SSSR count). The van der Waals surface area contributed by atoms with E-state index in [-0.39, 0.29) is 18.4 Å². The van der Waals surface area contributed by atoms with Crippen LogP contribution < -0.4 is 4.90 Å². The Morgan fingerprint density at radius 1 is 1.61 bits per heavy atom. The van der Waals surface area contributed by atoms with Crippen LogP contribution in [0.1, 0.15) is 16.8 Å². The van der Waals surface area contributed by atoms with Crippen LogP contribution in [0.3, 0.4) is 0 Å². The molecule has 6 nitrogen and oxygen atoms in total. The van der Waals surface area contributed by atoms with Crippen LogP contribution in [0.4, 0.5) is 5.69 Å². The van der Waals surface area contributed by atoms with Gasteiger partial charge in [-0.2, -0.15) is 0 Å². The van der Waals surface area contributed by atoms with Gasteiger partial charge in [-0.1, -0.05) is 0 Å². The van der Waals surface area contributed by atoms with Gasteiger partial charge >= 0.3 is 5.97 Å². The van der Waals surface area contributed by atoms with Crippen LogP contribution in [0.2, 0.25) is 0 Å². The highest BCUT2D eigenvalue weighted by Crippen LogP contribution is 2.24. The number of rotatable bonds is 3. The molecule has 96 valence electrons. The molecule has 1 N–H and O–H groups in total. The van der Waals surface area contributed by atoms with Crippen molar-refractivity contribution >= 4 is 17.6 Å². The lowest BCUT2D eigenvalue weighted by Gasteiger charge is -2.16. The Balaban J connectivity index is 2.24. The van der Waals surface area contributed by atoms with Crippen LogP contribution in [0.5, 0.6) is 0 Å². The summed E-state index contributed by atoms with van der Waals surface area (Å²) in [5.74, 6) is -0.619. The number of methoxy groups -OCH3 is 1. The highest BCUT2D eigenvalue weighted by Gasteiger charge is 2.30. The van der Waals surface area contributed by atoms with Crippen LogP contribution in [-0.4, -0.2) is 42.2 Å². The summed E-state index contributed by atoms with van der Waals surface area (Å²) in [5.41, 5.74) is 0.856. The van der Waals surface area contributed by atoms with Gasteiger partial charge in [-0.25, -0.2) is 4.79 Å². The van der Waals surface area contributed by atoms with E-state index in [0.29, 0.717) is 24.2 Å². The van der Waals surface area contributed by atoms with Gasteiger partial charge in [0.1, 0.15) is 0 Å². The standard InChI is InChI=1S/C12H14N2O4/c1-18-12(17)9-3-10(5-13-4-9)14-6-8(7-15)2-11(14)16/h3-5,8,15H,2,6-7H2,1H3. The molecule has 6 heteroatoms. The Bertz CT molecular complexity index is 475. The zero-order valence-electron chi connectivity index (χ0n) is 10.00. The molecule has 2 heterocycles. The number of aliphatic hydroxyl groups is 1. The minimum absolute atomic E-state index is 0.0215. The van der Waals surface area contributed by atoms with Gasteiger partial charge < -0.3 is 14.7 Å².